The molecule has 0 fully saturated rings. The number of hydrogen-bond acceptors (Lipinski definition) is 3. The van der Waals surface area contributed by atoms with Gasteiger partial charge in [-0.2, -0.15) is 0 Å². The number of amides is 2. The molecule has 5 nitrogen and oxygen atoms in total. The van der Waals surface area contributed by atoms with Crippen molar-refractivity contribution in [3.8, 4) is 5.75 Å². The summed E-state index contributed by atoms with van der Waals surface area (Å²) in [5.41, 5.74) is 3.73. The molecule has 0 unspecified atom stereocenters. The van der Waals surface area contributed by atoms with Gasteiger partial charge in [0.1, 0.15) is 11.8 Å². The smallest absolute Gasteiger partial charge is 0.261 e. The monoisotopic (exact) mass is 618 g/mol. The fraction of sp³-hybridized carbons (Fsp3) is 0.333. The van der Waals surface area contributed by atoms with E-state index in [2.05, 4.69) is 21.2 Å². The van der Waals surface area contributed by atoms with E-state index in [-0.39, 0.29) is 31.0 Å². The van der Waals surface area contributed by atoms with Crippen molar-refractivity contribution in [3.63, 3.8) is 0 Å². The van der Waals surface area contributed by atoms with Crippen LogP contribution in [0, 0.1) is 13.8 Å². The number of aryl methyl sites for hydroxylation is 2. The Kier molecular flexibility index (Phi) is 11.1. The van der Waals surface area contributed by atoms with Crippen molar-refractivity contribution >= 4 is 50.9 Å². The van der Waals surface area contributed by atoms with Gasteiger partial charge in [-0.3, -0.25) is 9.59 Å². The van der Waals surface area contributed by atoms with E-state index in [1.54, 1.807) is 17.0 Å². The van der Waals surface area contributed by atoms with Crippen LogP contribution in [0.15, 0.2) is 65.1 Å². The summed E-state index contributed by atoms with van der Waals surface area (Å²) in [6.07, 6.45) is 1.13. The molecule has 3 rings (SSSR count). The van der Waals surface area contributed by atoms with Crippen LogP contribution in [0.25, 0.3) is 0 Å². The van der Waals surface area contributed by atoms with Gasteiger partial charge in [0.15, 0.2) is 6.61 Å². The van der Waals surface area contributed by atoms with Crippen molar-refractivity contribution in [1.82, 2.24) is 10.2 Å². The summed E-state index contributed by atoms with van der Waals surface area (Å²) in [6.45, 7) is 7.84. The molecule has 202 valence electrons. The number of nitrogens with one attached hydrogen (secondary N) is 1. The highest BCUT2D eigenvalue weighted by atomic mass is 79.9. The predicted molar refractivity (Wildman–Crippen MR) is 158 cm³/mol. The zero-order valence-corrected chi connectivity index (χ0v) is 25.2. The molecule has 0 saturated heterocycles. The lowest BCUT2D eigenvalue weighted by Crippen LogP contribution is -2.53. The molecule has 3 aromatic carbocycles. The summed E-state index contributed by atoms with van der Waals surface area (Å²) in [6, 6.07) is 17.9. The van der Waals surface area contributed by atoms with E-state index in [0.29, 0.717) is 22.2 Å². The highest BCUT2D eigenvalue weighted by Gasteiger charge is 2.31. The van der Waals surface area contributed by atoms with Crippen molar-refractivity contribution in [2.24, 2.45) is 0 Å². The molecule has 1 N–H and O–H groups in total. The lowest BCUT2D eigenvalue weighted by Gasteiger charge is -2.32. The van der Waals surface area contributed by atoms with Gasteiger partial charge in [-0.15, -0.1) is 0 Å². The topological polar surface area (TPSA) is 58.6 Å². The number of hydrogen-bond donors (Lipinski definition) is 1. The van der Waals surface area contributed by atoms with Gasteiger partial charge in [-0.25, -0.2) is 0 Å². The molecular formula is C30H33BrCl2N2O3. The number of ether oxygens (including phenoxy) is 1. The van der Waals surface area contributed by atoms with Gasteiger partial charge < -0.3 is 15.0 Å². The summed E-state index contributed by atoms with van der Waals surface area (Å²) in [5.74, 6) is 0.0659. The van der Waals surface area contributed by atoms with Crippen LogP contribution < -0.4 is 10.1 Å². The van der Waals surface area contributed by atoms with E-state index < -0.39 is 6.04 Å². The molecule has 0 bridgehead atoms. The minimum absolute atomic E-state index is 0.0346. The Bertz CT molecular complexity index is 1250. The van der Waals surface area contributed by atoms with Crippen molar-refractivity contribution in [2.45, 2.75) is 59.2 Å². The Morgan fingerprint density at radius 3 is 2.24 bits per heavy atom. The molecule has 0 aliphatic heterocycles. The fourth-order valence-corrected chi connectivity index (χ4v) is 4.60. The van der Waals surface area contributed by atoms with Gasteiger partial charge >= 0.3 is 0 Å². The maximum Gasteiger partial charge on any atom is 0.261 e. The van der Waals surface area contributed by atoms with E-state index in [4.69, 9.17) is 27.9 Å². The zero-order chi connectivity index (χ0) is 27.8. The van der Waals surface area contributed by atoms with Crippen molar-refractivity contribution < 1.29 is 14.3 Å². The van der Waals surface area contributed by atoms with Gasteiger partial charge in [0.2, 0.25) is 5.91 Å². The summed E-state index contributed by atoms with van der Waals surface area (Å²) in [4.78, 5) is 28.9. The molecule has 2 amide bonds. The minimum Gasteiger partial charge on any atom is -0.484 e. The van der Waals surface area contributed by atoms with Gasteiger partial charge in [-0.1, -0.05) is 82.5 Å². The second-order valence-electron chi connectivity index (χ2n) is 9.45. The fourth-order valence-electron chi connectivity index (χ4n) is 4.05. The number of halogens is 3. The standard InChI is InChI=1S/C30H33BrCl2N2O3/c1-5-21(4)34-30(37)27(16-22-9-7-6-8-10-22)35(17-23-11-12-25(32)26(33)15-23)28(36)18-38-24-13-19(2)29(31)20(3)14-24/h6-15,21,27H,5,16-18H2,1-4H3,(H,34,37)/t21-,27+/m0/s1. The third-order valence-corrected chi connectivity index (χ3v) is 8.37. The van der Waals surface area contributed by atoms with Crippen LogP contribution in [0.1, 0.15) is 42.5 Å². The van der Waals surface area contributed by atoms with E-state index >= 15 is 0 Å². The third-order valence-electron chi connectivity index (χ3n) is 6.38. The minimum atomic E-state index is -0.759. The van der Waals surface area contributed by atoms with Crippen molar-refractivity contribution in [3.05, 3.63) is 97.4 Å². The van der Waals surface area contributed by atoms with E-state index in [1.807, 2.05) is 76.2 Å². The van der Waals surface area contributed by atoms with E-state index in [1.165, 1.54) is 0 Å². The Morgan fingerprint density at radius 2 is 1.63 bits per heavy atom. The largest absolute Gasteiger partial charge is 0.484 e. The molecule has 0 saturated carbocycles. The van der Waals surface area contributed by atoms with Crippen LogP contribution in [-0.2, 0) is 22.6 Å². The van der Waals surface area contributed by atoms with E-state index in [0.717, 1.165) is 33.1 Å². The van der Waals surface area contributed by atoms with Gasteiger partial charge in [0.05, 0.1) is 10.0 Å². The average Bonchev–Trinajstić information content (AvgIpc) is 2.90. The summed E-state index contributed by atoms with van der Waals surface area (Å²) in [5, 5.41) is 3.87. The Morgan fingerprint density at radius 1 is 0.974 bits per heavy atom. The first-order chi connectivity index (χ1) is 18.1. The molecule has 8 heteroatoms. The molecule has 38 heavy (non-hydrogen) atoms. The molecule has 0 aliphatic rings. The number of benzene rings is 3. The van der Waals surface area contributed by atoms with Crippen LogP contribution in [0.5, 0.6) is 5.75 Å². The van der Waals surface area contributed by atoms with Crippen molar-refractivity contribution in [1.29, 1.82) is 0 Å². The maximum atomic E-state index is 13.8. The summed E-state index contributed by atoms with van der Waals surface area (Å²) >= 11 is 16.0. The second-order valence-corrected chi connectivity index (χ2v) is 11.1. The Labute approximate surface area is 243 Å². The summed E-state index contributed by atoms with van der Waals surface area (Å²) in [7, 11) is 0. The first-order valence-electron chi connectivity index (χ1n) is 12.6. The first kappa shape index (κ1) is 30.0. The molecular weight excluding hydrogens is 587 g/mol. The molecule has 0 spiro atoms. The normalized spacial score (nSPS) is 12.5. The predicted octanol–water partition coefficient (Wildman–Crippen LogP) is 7.31. The van der Waals surface area contributed by atoms with E-state index in [9.17, 15) is 9.59 Å². The first-order valence-corrected chi connectivity index (χ1v) is 14.1. The molecule has 0 radical (unpaired) electrons. The molecule has 0 aromatic heterocycles. The molecule has 3 aromatic rings. The van der Waals surface area contributed by atoms with Gasteiger partial charge in [0.25, 0.3) is 5.91 Å². The molecule has 0 heterocycles. The summed E-state index contributed by atoms with van der Waals surface area (Å²) < 4.78 is 6.94. The van der Waals surface area contributed by atoms with Crippen LogP contribution in [0.2, 0.25) is 10.0 Å². The van der Waals surface area contributed by atoms with Crippen molar-refractivity contribution in [2.75, 3.05) is 6.61 Å². The van der Waals surface area contributed by atoms with Crippen LogP contribution in [0.4, 0.5) is 0 Å². The highest BCUT2D eigenvalue weighted by Crippen LogP contribution is 2.27. The molecule has 2 atom stereocenters. The lowest BCUT2D eigenvalue weighted by atomic mass is 10.0. The maximum absolute atomic E-state index is 13.8. The highest BCUT2D eigenvalue weighted by molar-refractivity contribution is 9.10. The Balaban J connectivity index is 1.95. The third kappa shape index (κ3) is 8.23. The van der Waals surface area contributed by atoms with Gasteiger partial charge in [-0.05, 0) is 73.7 Å². The average molecular weight is 620 g/mol. The number of carbonyl (C=O) groups excluding carboxylic acids is 2. The van der Waals surface area contributed by atoms with Gasteiger partial charge in [0, 0.05) is 23.5 Å². The Hall–Kier alpha value is -2.54. The quantitative estimate of drug-likeness (QED) is 0.245. The van der Waals surface area contributed by atoms with Crippen LogP contribution >= 0.6 is 39.1 Å². The second kappa shape index (κ2) is 14.0. The number of carbonyl (C=O) groups is 2. The lowest BCUT2D eigenvalue weighted by molar-refractivity contribution is -0.143. The SMILES string of the molecule is CC[C@H](C)NC(=O)[C@@H](Cc1ccccc1)N(Cc1ccc(Cl)c(Cl)c1)C(=O)COc1cc(C)c(Br)c(C)c1. The number of nitrogens with zero attached hydrogens (tertiary/aromatic N) is 1. The van der Waals surface area contributed by atoms with Crippen LogP contribution in [-0.4, -0.2) is 35.4 Å². The van der Waals surface area contributed by atoms with Crippen LogP contribution in [0.3, 0.4) is 0 Å². The molecule has 0 aliphatic carbocycles. The zero-order valence-electron chi connectivity index (χ0n) is 22.1. The number of rotatable bonds is 11.